The third-order valence-corrected chi connectivity index (χ3v) is 5.90. The van der Waals surface area contributed by atoms with Crippen LogP contribution in [0.15, 0.2) is 36.7 Å². The number of hydrogen-bond donors (Lipinski definition) is 3. The molecule has 7 heteroatoms. The van der Waals surface area contributed by atoms with Crippen LogP contribution in [0.5, 0.6) is 0 Å². The SMILES string of the molecule is CC1CCC2NNC(C(=O)NCc3nncn3CCc3ccccc3)C2C1. The topological polar surface area (TPSA) is 83.9 Å². The Morgan fingerprint density at radius 1 is 1.26 bits per heavy atom. The smallest absolute Gasteiger partial charge is 0.239 e. The van der Waals surface area contributed by atoms with E-state index in [1.165, 1.54) is 12.0 Å². The highest BCUT2D eigenvalue weighted by Gasteiger charge is 2.42. The van der Waals surface area contributed by atoms with Crippen LogP contribution in [-0.4, -0.2) is 32.8 Å². The van der Waals surface area contributed by atoms with Gasteiger partial charge in [0.05, 0.1) is 6.54 Å². The van der Waals surface area contributed by atoms with E-state index in [-0.39, 0.29) is 11.9 Å². The summed E-state index contributed by atoms with van der Waals surface area (Å²) in [5.74, 6) is 1.88. The zero-order valence-electron chi connectivity index (χ0n) is 15.8. The van der Waals surface area contributed by atoms with Crippen LogP contribution in [0.25, 0.3) is 0 Å². The second-order valence-electron chi connectivity index (χ2n) is 7.85. The van der Waals surface area contributed by atoms with Gasteiger partial charge < -0.3 is 9.88 Å². The van der Waals surface area contributed by atoms with Crippen LogP contribution in [0.2, 0.25) is 0 Å². The fraction of sp³-hybridized carbons (Fsp3) is 0.550. The Morgan fingerprint density at radius 2 is 2.11 bits per heavy atom. The van der Waals surface area contributed by atoms with Crippen molar-refractivity contribution in [1.29, 1.82) is 0 Å². The van der Waals surface area contributed by atoms with Crippen molar-refractivity contribution in [2.75, 3.05) is 0 Å². The average Bonchev–Trinajstić information content (AvgIpc) is 3.31. The van der Waals surface area contributed by atoms with E-state index < -0.39 is 0 Å². The summed E-state index contributed by atoms with van der Waals surface area (Å²) in [4.78, 5) is 12.7. The second-order valence-corrected chi connectivity index (χ2v) is 7.85. The van der Waals surface area contributed by atoms with E-state index in [1.807, 2.05) is 22.8 Å². The van der Waals surface area contributed by atoms with Gasteiger partial charge in [0.15, 0.2) is 5.82 Å². The van der Waals surface area contributed by atoms with Crippen LogP contribution in [-0.2, 0) is 24.3 Å². The van der Waals surface area contributed by atoms with Gasteiger partial charge in [0.25, 0.3) is 0 Å². The number of carbonyl (C=O) groups excluding carboxylic acids is 1. The fourth-order valence-corrected chi connectivity index (χ4v) is 4.31. The lowest BCUT2D eigenvalue weighted by molar-refractivity contribution is -0.124. The number of aromatic nitrogens is 3. The van der Waals surface area contributed by atoms with Crippen LogP contribution in [0, 0.1) is 11.8 Å². The largest absolute Gasteiger partial charge is 0.347 e. The molecule has 1 aliphatic carbocycles. The van der Waals surface area contributed by atoms with E-state index in [2.05, 4.69) is 45.4 Å². The number of rotatable bonds is 6. The average molecular weight is 368 g/mol. The predicted octanol–water partition coefficient (Wildman–Crippen LogP) is 1.42. The number of hydrogen-bond acceptors (Lipinski definition) is 5. The van der Waals surface area contributed by atoms with E-state index in [0.717, 1.165) is 31.6 Å². The highest BCUT2D eigenvalue weighted by Crippen LogP contribution is 2.33. The maximum absolute atomic E-state index is 12.7. The molecule has 1 aromatic carbocycles. The van der Waals surface area contributed by atoms with Crippen molar-refractivity contribution >= 4 is 5.91 Å². The Bertz CT molecular complexity index is 761. The Kier molecular flexibility index (Phi) is 5.50. The Labute approximate surface area is 159 Å². The first-order valence-corrected chi connectivity index (χ1v) is 9.90. The van der Waals surface area contributed by atoms with Gasteiger partial charge in [-0.2, -0.15) is 0 Å². The van der Waals surface area contributed by atoms with Gasteiger partial charge in [-0.25, -0.2) is 5.43 Å². The predicted molar refractivity (Wildman–Crippen MR) is 102 cm³/mol. The lowest BCUT2D eigenvalue weighted by Crippen LogP contribution is -2.46. The maximum Gasteiger partial charge on any atom is 0.239 e. The molecule has 4 atom stereocenters. The lowest BCUT2D eigenvalue weighted by Gasteiger charge is -2.30. The molecule has 2 aliphatic rings. The molecule has 4 unspecified atom stereocenters. The van der Waals surface area contributed by atoms with Crippen molar-refractivity contribution in [1.82, 2.24) is 30.9 Å². The summed E-state index contributed by atoms with van der Waals surface area (Å²) in [7, 11) is 0. The zero-order chi connectivity index (χ0) is 18.6. The lowest BCUT2D eigenvalue weighted by atomic mass is 9.76. The van der Waals surface area contributed by atoms with Crippen LogP contribution < -0.4 is 16.2 Å². The molecule has 144 valence electrons. The fourth-order valence-electron chi connectivity index (χ4n) is 4.31. The molecule has 2 heterocycles. The number of nitrogens with one attached hydrogen (secondary N) is 3. The van der Waals surface area contributed by atoms with Gasteiger partial charge in [0.1, 0.15) is 12.4 Å². The first kappa shape index (κ1) is 18.1. The number of aryl methyl sites for hydroxylation is 2. The summed E-state index contributed by atoms with van der Waals surface area (Å²) in [6.45, 7) is 3.48. The van der Waals surface area contributed by atoms with E-state index >= 15 is 0 Å². The van der Waals surface area contributed by atoms with Crippen molar-refractivity contribution in [3.8, 4) is 0 Å². The van der Waals surface area contributed by atoms with Gasteiger partial charge in [-0.1, -0.05) is 37.3 Å². The highest BCUT2D eigenvalue weighted by atomic mass is 16.2. The van der Waals surface area contributed by atoms with Crippen molar-refractivity contribution in [2.24, 2.45) is 11.8 Å². The molecule has 0 bridgehead atoms. The molecule has 0 radical (unpaired) electrons. The van der Waals surface area contributed by atoms with E-state index in [0.29, 0.717) is 24.4 Å². The van der Waals surface area contributed by atoms with Gasteiger partial charge in [-0.15, -0.1) is 10.2 Å². The van der Waals surface area contributed by atoms with Crippen LogP contribution in [0.3, 0.4) is 0 Å². The first-order chi connectivity index (χ1) is 13.2. The third-order valence-electron chi connectivity index (χ3n) is 5.90. The van der Waals surface area contributed by atoms with E-state index in [4.69, 9.17) is 0 Å². The minimum Gasteiger partial charge on any atom is -0.347 e. The molecule has 27 heavy (non-hydrogen) atoms. The van der Waals surface area contributed by atoms with Crippen molar-refractivity contribution in [2.45, 2.75) is 57.8 Å². The molecule has 1 aromatic heterocycles. The quantitative estimate of drug-likeness (QED) is 0.718. The molecule has 1 saturated heterocycles. The molecule has 0 spiro atoms. The van der Waals surface area contributed by atoms with Gasteiger partial charge in [0.2, 0.25) is 5.91 Å². The normalized spacial score (nSPS) is 27.3. The summed E-state index contributed by atoms with van der Waals surface area (Å²) in [6.07, 6.45) is 6.11. The minimum absolute atomic E-state index is 0.0432. The van der Waals surface area contributed by atoms with Crippen LogP contribution in [0.1, 0.15) is 37.6 Å². The molecular weight excluding hydrogens is 340 g/mol. The number of hydrazine groups is 1. The first-order valence-electron chi connectivity index (χ1n) is 9.90. The summed E-state index contributed by atoms with van der Waals surface area (Å²) in [6, 6.07) is 10.6. The van der Waals surface area contributed by atoms with E-state index in [1.54, 1.807) is 6.33 Å². The maximum atomic E-state index is 12.7. The minimum atomic E-state index is -0.168. The molecule has 2 aromatic rings. The van der Waals surface area contributed by atoms with Crippen molar-refractivity contribution < 1.29 is 4.79 Å². The number of nitrogens with zero attached hydrogens (tertiary/aromatic N) is 3. The van der Waals surface area contributed by atoms with Gasteiger partial charge >= 0.3 is 0 Å². The molecule has 1 saturated carbocycles. The molecule has 1 amide bonds. The number of fused-ring (bicyclic) bond motifs is 1. The molecule has 4 rings (SSSR count). The number of carbonyl (C=O) groups is 1. The monoisotopic (exact) mass is 368 g/mol. The summed E-state index contributed by atoms with van der Waals surface area (Å²) >= 11 is 0. The second kappa shape index (κ2) is 8.19. The number of amides is 1. The summed E-state index contributed by atoms with van der Waals surface area (Å²) in [5.41, 5.74) is 7.79. The third kappa shape index (κ3) is 4.20. The van der Waals surface area contributed by atoms with Gasteiger partial charge in [0, 0.05) is 18.5 Å². The van der Waals surface area contributed by atoms with Crippen LogP contribution in [0.4, 0.5) is 0 Å². The van der Waals surface area contributed by atoms with Gasteiger partial charge in [-0.05, 0) is 37.2 Å². The molecule has 2 fully saturated rings. The highest BCUT2D eigenvalue weighted by molar-refractivity contribution is 5.82. The van der Waals surface area contributed by atoms with Crippen molar-refractivity contribution in [3.63, 3.8) is 0 Å². The molecule has 7 nitrogen and oxygen atoms in total. The number of benzene rings is 1. The van der Waals surface area contributed by atoms with Crippen molar-refractivity contribution in [3.05, 3.63) is 48.0 Å². The summed E-state index contributed by atoms with van der Waals surface area (Å²) < 4.78 is 2.01. The summed E-state index contributed by atoms with van der Waals surface area (Å²) in [5, 5.41) is 11.3. The Morgan fingerprint density at radius 3 is 2.96 bits per heavy atom. The standard InChI is InChI=1S/C20H28N6O/c1-14-7-8-17-16(11-14)19(25-23-17)20(27)21-12-18-24-22-13-26(18)10-9-15-5-3-2-4-6-15/h2-6,13-14,16-17,19,23,25H,7-12H2,1H3,(H,21,27). The zero-order valence-corrected chi connectivity index (χ0v) is 15.8. The van der Waals surface area contributed by atoms with E-state index in [9.17, 15) is 4.79 Å². The molecule has 3 N–H and O–H groups in total. The Hall–Kier alpha value is -2.25. The molecular formula is C20H28N6O. The van der Waals surface area contributed by atoms with Crippen LogP contribution >= 0.6 is 0 Å². The molecule has 1 aliphatic heterocycles. The van der Waals surface area contributed by atoms with Gasteiger partial charge in [-0.3, -0.25) is 10.2 Å². The Balaban J connectivity index is 1.31.